The molecule has 4 rings (SSSR count). The molecule has 1 N–H and O–H groups in total. The lowest BCUT2D eigenvalue weighted by atomic mass is 9.67. The van der Waals surface area contributed by atoms with Gasteiger partial charge in [0.05, 0.1) is 5.54 Å². The molecule has 1 aromatic carbocycles. The molecule has 0 atom stereocenters. The van der Waals surface area contributed by atoms with Gasteiger partial charge < -0.3 is 15.0 Å². The highest BCUT2D eigenvalue weighted by molar-refractivity contribution is 5.81. The van der Waals surface area contributed by atoms with Crippen molar-refractivity contribution in [1.29, 1.82) is 0 Å². The van der Waals surface area contributed by atoms with Crippen LogP contribution in [0.2, 0.25) is 0 Å². The van der Waals surface area contributed by atoms with E-state index >= 15 is 0 Å². The molecular weight excluding hydrogens is 316 g/mol. The van der Waals surface area contributed by atoms with E-state index in [1.807, 2.05) is 0 Å². The Morgan fingerprint density at radius 3 is 2.56 bits per heavy atom. The van der Waals surface area contributed by atoms with Gasteiger partial charge in [-0.05, 0) is 62.1 Å². The van der Waals surface area contributed by atoms with Crippen LogP contribution in [0.1, 0.15) is 48.3 Å². The molecule has 1 spiro atoms. The number of nitrogens with zero attached hydrogens (tertiary/aromatic N) is 1. The first-order valence-corrected chi connectivity index (χ1v) is 9.16. The molecular formula is C20H26N2O3. The number of aryl methyl sites for hydroxylation is 2. The number of amides is 2. The quantitative estimate of drug-likeness (QED) is 0.919. The van der Waals surface area contributed by atoms with Gasteiger partial charge in [-0.15, -0.1) is 0 Å². The minimum absolute atomic E-state index is 0.0117. The Kier molecular flexibility index (Phi) is 3.78. The summed E-state index contributed by atoms with van der Waals surface area (Å²) in [4.78, 5) is 25.6. The van der Waals surface area contributed by atoms with E-state index in [0.717, 1.165) is 12.8 Å². The molecule has 2 amide bonds. The van der Waals surface area contributed by atoms with Crippen molar-refractivity contribution in [2.45, 2.75) is 57.0 Å². The second kappa shape index (κ2) is 5.75. The third-order valence-electron chi connectivity index (χ3n) is 6.56. The molecule has 0 aromatic heterocycles. The molecule has 5 nitrogen and oxygen atoms in total. The van der Waals surface area contributed by atoms with E-state index in [9.17, 15) is 9.59 Å². The Bertz CT molecular complexity index is 718. The normalized spacial score (nSPS) is 33.6. The molecule has 1 aliphatic heterocycles. The number of nitrogens with one attached hydrogen (secondary N) is 1. The minimum Gasteiger partial charge on any atom is -0.447 e. The van der Waals surface area contributed by atoms with E-state index in [1.165, 1.54) is 16.7 Å². The number of carbonyl (C=O) groups excluding carboxylic acids is 2. The molecule has 0 unspecified atom stereocenters. The van der Waals surface area contributed by atoms with E-state index in [0.29, 0.717) is 25.4 Å². The van der Waals surface area contributed by atoms with Crippen molar-refractivity contribution in [3.05, 3.63) is 34.9 Å². The smallest absolute Gasteiger partial charge is 0.410 e. The first-order chi connectivity index (χ1) is 11.9. The van der Waals surface area contributed by atoms with Crippen molar-refractivity contribution >= 4 is 12.0 Å². The molecule has 1 saturated heterocycles. The van der Waals surface area contributed by atoms with Gasteiger partial charge in [0, 0.05) is 19.0 Å². The topological polar surface area (TPSA) is 58.6 Å². The molecule has 0 bridgehead atoms. The van der Waals surface area contributed by atoms with Crippen LogP contribution in [0.25, 0.3) is 0 Å². The fourth-order valence-corrected chi connectivity index (χ4v) is 4.36. The van der Waals surface area contributed by atoms with Gasteiger partial charge in [-0.2, -0.15) is 0 Å². The summed E-state index contributed by atoms with van der Waals surface area (Å²) in [6, 6.07) is 6.97. The predicted molar refractivity (Wildman–Crippen MR) is 94.4 cm³/mol. The second-order valence-corrected chi connectivity index (χ2v) is 8.16. The first kappa shape index (κ1) is 16.4. The molecule has 0 radical (unpaired) electrons. The summed E-state index contributed by atoms with van der Waals surface area (Å²) in [6.07, 6.45) is 3.21. The van der Waals surface area contributed by atoms with Gasteiger partial charge in [0.1, 0.15) is 6.61 Å². The summed E-state index contributed by atoms with van der Waals surface area (Å²) < 4.78 is 5.10. The number of likely N-dealkylation sites (N-methyl/N-ethyl adjacent to an activating group) is 1. The molecule has 2 saturated carbocycles. The highest BCUT2D eigenvalue weighted by atomic mass is 16.6. The molecule has 2 aliphatic carbocycles. The summed E-state index contributed by atoms with van der Waals surface area (Å²) in [7, 11) is 1.77. The molecule has 3 aliphatic rings. The van der Waals surface area contributed by atoms with Gasteiger partial charge >= 0.3 is 6.09 Å². The monoisotopic (exact) mass is 342 g/mol. The van der Waals surface area contributed by atoms with E-state index in [1.54, 1.807) is 11.9 Å². The SMILES string of the molecule is Cc1ccc(C2CC(NC(=O)C3CC4(COC(=O)N4C)C3)C2)cc1C. The maximum Gasteiger partial charge on any atom is 0.410 e. The van der Waals surface area contributed by atoms with Gasteiger partial charge in [0.25, 0.3) is 0 Å². The third kappa shape index (κ3) is 2.70. The van der Waals surface area contributed by atoms with E-state index < -0.39 is 0 Å². The first-order valence-electron chi connectivity index (χ1n) is 9.16. The Morgan fingerprint density at radius 2 is 1.96 bits per heavy atom. The maximum atomic E-state index is 12.4. The summed E-state index contributed by atoms with van der Waals surface area (Å²) in [5.74, 6) is 0.712. The lowest BCUT2D eigenvalue weighted by molar-refractivity contribution is -0.133. The Labute approximate surface area is 148 Å². The van der Waals surface area contributed by atoms with E-state index in [2.05, 4.69) is 37.4 Å². The molecule has 25 heavy (non-hydrogen) atoms. The van der Waals surface area contributed by atoms with Crippen molar-refractivity contribution in [1.82, 2.24) is 10.2 Å². The van der Waals surface area contributed by atoms with Gasteiger partial charge in [-0.25, -0.2) is 4.79 Å². The maximum absolute atomic E-state index is 12.4. The second-order valence-electron chi connectivity index (χ2n) is 8.16. The van der Waals surface area contributed by atoms with Crippen LogP contribution >= 0.6 is 0 Å². The molecule has 1 heterocycles. The fraction of sp³-hybridized carbons (Fsp3) is 0.600. The van der Waals surface area contributed by atoms with Crippen molar-refractivity contribution in [3.63, 3.8) is 0 Å². The lowest BCUT2D eigenvalue weighted by Crippen LogP contribution is -2.59. The summed E-state index contributed by atoms with van der Waals surface area (Å²) >= 11 is 0. The molecule has 3 fully saturated rings. The third-order valence-corrected chi connectivity index (χ3v) is 6.56. The molecule has 134 valence electrons. The van der Waals surface area contributed by atoms with Crippen LogP contribution in [0, 0.1) is 19.8 Å². The highest BCUT2D eigenvalue weighted by Gasteiger charge is 2.56. The van der Waals surface area contributed by atoms with Gasteiger partial charge in [0.2, 0.25) is 5.91 Å². The Hall–Kier alpha value is -2.04. The fourth-order valence-electron chi connectivity index (χ4n) is 4.36. The highest BCUT2D eigenvalue weighted by Crippen LogP contribution is 2.46. The Balaban J connectivity index is 1.26. The molecule has 1 aromatic rings. The van der Waals surface area contributed by atoms with Crippen molar-refractivity contribution in [3.8, 4) is 0 Å². The number of cyclic esters (lactones) is 1. The van der Waals surface area contributed by atoms with Gasteiger partial charge in [0.15, 0.2) is 0 Å². The lowest BCUT2D eigenvalue weighted by Gasteiger charge is -2.47. The van der Waals surface area contributed by atoms with Crippen LogP contribution in [0.3, 0.4) is 0 Å². The van der Waals surface area contributed by atoms with E-state index in [4.69, 9.17) is 4.74 Å². The van der Waals surface area contributed by atoms with Crippen LogP contribution in [0.4, 0.5) is 4.79 Å². The summed E-state index contributed by atoms with van der Waals surface area (Å²) in [5, 5.41) is 3.19. The predicted octanol–water partition coefficient (Wildman–Crippen LogP) is 2.90. The van der Waals surface area contributed by atoms with Crippen molar-refractivity contribution in [2.24, 2.45) is 5.92 Å². The number of rotatable bonds is 3. The largest absolute Gasteiger partial charge is 0.447 e. The number of hydrogen-bond acceptors (Lipinski definition) is 3. The van der Waals surface area contributed by atoms with Crippen LogP contribution < -0.4 is 5.32 Å². The van der Waals surface area contributed by atoms with Gasteiger partial charge in [-0.1, -0.05) is 18.2 Å². The van der Waals surface area contributed by atoms with Crippen LogP contribution in [-0.2, 0) is 9.53 Å². The van der Waals surface area contributed by atoms with Crippen LogP contribution in [0.5, 0.6) is 0 Å². The van der Waals surface area contributed by atoms with Gasteiger partial charge in [-0.3, -0.25) is 4.79 Å². The van der Waals surface area contributed by atoms with Crippen molar-refractivity contribution in [2.75, 3.05) is 13.7 Å². The average Bonchev–Trinajstić information content (AvgIpc) is 2.80. The standard InChI is InChI=1S/C20H26N2O3/c1-12-4-5-14(6-13(12)2)15-7-17(8-15)21-18(23)16-9-20(10-16)11-25-19(24)22(20)3/h4-6,15-17H,7-11H2,1-3H3,(H,21,23). The number of benzene rings is 1. The zero-order valence-electron chi connectivity index (χ0n) is 15.2. The van der Waals surface area contributed by atoms with E-state index in [-0.39, 0.29) is 29.5 Å². The van der Waals surface area contributed by atoms with Crippen LogP contribution in [-0.4, -0.2) is 42.1 Å². The average molecular weight is 342 g/mol. The Morgan fingerprint density at radius 1 is 1.24 bits per heavy atom. The zero-order chi connectivity index (χ0) is 17.8. The number of ether oxygens (including phenoxy) is 1. The summed E-state index contributed by atoms with van der Waals surface area (Å²) in [5.41, 5.74) is 3.81. The van der Waals surface area contributed by atoms with Crippen LogP contribution in [0.15, 0.2) is 18.2 Å². The summed E-state index contributed by atoms with van der Waals surface area (Å²) in [6.45, 7) is 4.71. The number of hydrogen-bond donors (Lipinski definition) is 1. The molecule has 5 heteroatoms. The zero-order valence-corrected chi connectivity index (χ0v) is 15.2. The number of carbonyl (C=O) groups is 2. The minimum atomic E-state index is -0.269. The van der Waals surface area contributed by atoms with Crippen molar-refractivity contribution < 1.29 is 14.3 Å².